The number of carbonyl (C=O) groups is 2. The first-order chi connectivity index (χ1) is 10.6. The first-order valence-corrected chi connectivity index (χ1v) is 7.57. The van der Waals surface area contributed by atoms with Gasteiger partial charge < -0.3 is 10.1 Å². The molecule has 2 N–H and O–H groups in total. The number of nitrogens with one attached hydrogen (secondary N) is 2. The maximum atomic E-state index is 12.8. The van der Waals surface area contributed by atoms with Crippen LogP contribution in [0.3, 0.4) is 0 Å². The Balaban J connectivity index is 2.91. The maximum absolute atomic E-state index is 12.8. The van der Waals surface area contributed by atoms with Gasteiger partial charge in [-0.25, -0.2) is 20.2 Å². The number of carbonyl (C=O) groups excluding carboxylic acids is 2. The van der Waals surface area contributed by atoms with Gasteiger partial charge in [0.25, 0.3) is 5.91 Å². The molecule has 1 heterocycles. The van der Waals surface area contributed by atoms with Crippen LogP contribution in [-0.4, -0.2) is 34.7 Å². The van der Waals surface area contributed by atoms with Gasteiger partial charge in [0.1, 0.15) is 17.0 Å². The van der Waals surface area contributed by atoms with Crippen molar-refractivity contribution in [2.45, 2.75) is 52.7 Å². The monoisotopic (exact) mass is 322 g/mol. The van der Waals surface area contributed by atoms with Crippen LogP contribution in [0.15, 0.2) is 24.4 Å². The zero-order chi connectivity index (χ0) is 17.7. The molecule has 7 heteroatoms. The van der Waals surface area contributed by atoms with Crippen molar-refractivity contribution in [1.82, 2.24) is 15.7 Å². The second kappa shape index (κ2) is 7.41. The summed E-state index contributed by atoms with van der Waals surface area (Å²) in [4.78, 5) is 28.9. The van der Waals surface area contributed by atoms with Gasteiger partial charge in [-0.2, -0.15) is 0 Å². The standard InChI is InChI=1S/C16H26N4O3/c1-7-18-20(12-10-8-9-11-17-12)13(21)16(5,6)19-14(22)23-15(2,3)4/h8-11,18H,7H2,1-6H3,(H,19,22). The molecule has 0 saturated carbocycles. The van der Waals surface area contributed by atoms with E-state index in [4.69, 9.17) is 4.74 Å². The molecular formula is C16H26N4O3. The number of rotatable bonds is 5. The van der Waals surface area contributed by atoms with E-state index in [1.54, 1.807) is 59.0 Å². The minimum atomic E-state index is -1.16. The highest BCUT2D eigenvalue weighted by Crippen LogP contribution is 2.15. The fraction of sp³-hybridized carbons (Fsp3) is 0.562. The third-order valence-corrected chi connectivity index (χ3v) is 2.75. The molecular weight excluding hydrogens is 296 g/mol. The molecule has 1 aromatic heterocycles. The van der Waals surface area contributed by atoms with Gasteiger partial charge in [0.05, 0.1) is 0 Å². The molecule has 0 fully saturated rings. The summed E-state index contributed by atoms with van der Waals surface area (Å²) in [7, 11) is 0. The van der Waals surface area contributed by atoms with Crippen molar-refractivity contribution in [3.63, 3.8) is 0 Å². The Bertz CT molecular complexity index is 538. The zero-order valence-electron chi connectivity index (χ0n) is 14.6. The number of hydrogen-bond donors (Lipinski definition) is 2. The molecule has 128 valence electrons. The first kappa shape index (κ1) is 18.9. The molecule has 0 aliphatic heterocycles. The lowest BCUT2D eigenvalue weighted by molar-refractivity contribution is -0.124. The van der Waals surface area contributed by atoms with E-state index in [2.05, 4.69) is 15.7 Å². The second-order valence-electron chi connectivity index (χ2n) is 6.59. The quantitative estimate of drug-likeness (QED) is 0.812. The number of alkyl carbamates (subject to hydrolysis) is 1. The van der Waals surface area contributed by atoms with E-state index in [1.807, 2.05) is 6.92 Å². The van der Waals surface area contributed by atoms with Crippen LogP contribution in [-0.2, 0) is 9.53 Å². The number of aromatic nitrogens is 1. The molecule has 0 spiro atoms. The topological polar surface area (TPSA) is 83.6 Å². The van der Waals surface area contributed by atoms with Crippen LogP contribution in [0, 0.1) is 0 Å². The number of nitrogens with zero attached hydrogens (tertiary/aromatic N) is 2. The number of ether oxygens (including phenoxy) is 1. The van der Waals surface area contributed by atoms with Crippen molar-refractivity contribution in [1.29, 1.82) is 0 Å². The highest BCUT2D eigenvalue weighted by molar-refractivity contribution is 6.00. The van der Waals surface area contributed by atoms with Gasteiger partial charge in [0.2, 0.25) is 0 Å². The molecule has 0 radical (unpaired) electrons. The van der Waals surface area contributed by atoms with Crippen LogP contribution in [0.1, 0.15) is 41.5 Å². The van der Waals surface area contributed by atoms with Gasteiger partial charge in [-0.15, -0.1) is 0 Å². The summed E-state index contributed by atoms with van der Waals surface area (Å²) in [5, 5.41) is 3.93. The van der Waals surface area contributed by atoms with E-state index < -0.39 is 17.2 Å². The predicted molar refractivity (Wildman–Crippen MR) is 88.8 cm³/mol. The molecule has 2 amide bonds. The molecule has 0 saturated heterocycles. The Kier molecular flexibility index (Phi) is 6.09. The van der Waals surface area contributed by atoms with Crippen molar-refractivity contribution in [2.75, 3.05) is 11.6 Å². The van der Waals surface area contributed by atoms with Crippen molar-refractivity contribution in [3.05, 3.63) is 24.4 Å². The van der Waals surface area contributed by atoms with Crippen molar-refractivity contribution in [2.24, 2.45) is 0 Å². The molecule has 23 heavy (non-hydrogen) atoms. The second-order valence-corrected chi connectivity index (χ2v) is 6.59. The fourth-order valence-electron chi connectivity index (χ4n) is 1.79. The smallest absolute Gasteiger partial charge is 0.408 e. The van der Waals surface area contributed by atoms with Gasteiger partial charge in [-0.1, -0.05) is 13.0 Å². The van der Waals surface area contributed by atoms with E-state index in [9.17, 15) is 9.59 Å². The van der Waals surface area contributed by atoms with Gasteiger partial charge in [0.15, 0.2) is 0 Å². The lowest BCUT2D eigenvalue weighted by Crippen LogP contribution is -2.60. The van der Waals surface area contributed by atoms with Crippen molar-refractivity contribution < 1.29 is 14.3 Å². The molecule has 1 aromatic rings. The van der Waals surface area contributed by atoms with Gasteiger partial charge in [-0.3, -0.25) is 4.79 Å². The summed E-state index contributed by atoms with van der Waals surface area (Å²) in [6.07, 6.45) is 0.953. The number of anilines is 1. The van der Waals surface area contributed by atoms with Crippen molar-refractivity contribution in [3.8, 4) is 0 Å². The molecule has 7 nitrogen and oxygen atoms in total. The third-order valence-electron chi connectivity index (χ3n) is 2.75. The van der Waals surface area contributed by atoms with E-state index >= 15 is 0 Å². The van der Waals surface area contributed by atoms with Crippen LogP contribution in [0.2, 0.25) is 0 Å². The normalized spacial score (nSPS) is 11.7. The van der Waals surface area contributed by atoms with E-state index in [1.165, 1.54) is 5.01 Å². The minimum Gasteiger partial charge on any atom is -0.444 e. The molecule has 1 rings (SSSR count). The molecule has 0 bridgehead atoms. The summed E-state index contributed by atoms with van der Waals surface area (Å²) < 4.78 is 5.21. The average Bonchev–Trinajstić information content (AvgIpc) is 2.42. The number of amides is 2. The Morgan fingerprint density at radius 1 is 1.22 bits per heavy atom. The third kappa shape index (κ3) is 5.86. The highest BCUT2D eigenvalue weighted by Gasteiger charge is 2.36. The van der Waals surface area contributed by atoms with Gasteiger partial charge in [0, 0.05) is 12.7 Å². The Labute approximate surface area is 137 Å². The van der Waals surface area contributed by atoms with Gasteiger partial charge >= 0.3 is 6.09 Å². The summed E-state index contributed by atoms with van der Waals surface area (Å²) in [5.74, 6) is 0.113. The number of pyridine rings is 1. The highest BCUT2D eigenvalue weighted by atomic mass is 16.6. The first-order valence-electron chi connectivity index (χ1n) is 7.57. The minimum absolute atomic E-state index is 0.344. The molecule has 0 aliphatic rings. The van der Waals surface area contributed by atoms with E-state index in [0.717, 1.165) is 0 Å². The maximum Gasteiger partial charge on any atom is 0.408 e. The summed E-state index contributed by atoms with van der Waals surface area (Å²) in [6.45, 7) is 10.9. The zero-order valence-corrected chi connectivity index (χ0v) is 14.6. The molecule has 0 aromatic carbocycles. The molecule has 0 atom stereocenters. The van der Waals surface area contributed by atoms with E-state index in [-0.39, 0.29) is 5.91 Å². The largest absolute Gasteiger partial charge is 0.444 e. The van der Waals surface area contributed by atoms with Crippen LogP contribution in [0.5, 0.6) is 0 Å². The number of hydrogen-bond acceptors (Lipinski definition) is 5. The summed E-state index contributed by atoms with van der Waals surface area (Å²) >= 11 is 0. The van der Waals surface area contributed by atoms with Crippen LogP contribution in [0.4, 0.5) is 10.6 Å². The number of hydrazine groups is 1. The van der Waals surface area contributed by atoms with Crippen LogP contribution >= 0.6 is 0 Å². The summed E-state index contributed by atoms with van der Waals surface area (Å²) in [5.41, 5.74) is 1.16. The summed E-state index contributed by atoms with van der Waals surface area (Å²) in [6, 6.07) is 5.26. The Morgan fingerprint density at radius 2 is 1.87 bits per heavy atom. The van der Waals surface area contributed by atoms with Crippen molar-refractivity contribution >= 4 is 17.8 Å². The molecule has 0 unspecified atom stereocenters. The average molecular weight is 322 g/mol. The van der Waals surface area contributed by atoms with E-state index in [0.29, 0.717) is 12.4 Å². The fourth-order valence-corrected chi connectivity index (χ4v) is 1.79. The predicted octanol–water partition coefficient (Wildman–Crippen LogP) is 2.24. The lowest BCUT2D eigenvalue weighted by atomic mass is 10.0. The van der Waals surface area contributed by atoms with Gasteiger partial charge in [-0.05, 0) is 46.8 Å². The Morgan fingerprint density at radius 3 is 2.35 bits per heavy atom. The van der Waals surface area contributed by atoms with Crippen LogP contribution < -0.4 is 15.8 Å². The molecule has 0 aliphatic carbocycles. The van der Waals surface area contributed by atoms with Crippen LogP contribution in [0.25, 0.3) is 0 Å². The lowest BCUT2D eigenvalue weighted by Gasteiger charge is -2.32. The Hall–Kier alpha value is -2.15. The SMILES string of the molecule is CCNN(C(=O)C(C)(C)NC(=O)OC(C)(C)C)c1ccccn1.